The van der Waals surface area contributed by atoms with Crippen molar-refractivity contribution >= 4 is 5.91 Å². The number of benzene rings is 2. The van der Waals surface area contributed by atoms with Crippen LogP contribution in [0.25, 0.3) is 0 Å². The lowest BCUT2D eigenvalue weighted by atomic mass is 10.0. The molecule has 21 heavy (non-hydrogen) atoms. The van der Waals surface area contributed by atoms with E-state index in [1.165, 1.54) is 5.56 Å². The molecule has 2 aromatic rings. The van der Waals surface area contributed by atoms with Crippen molar-refractivity contribution < 1.29 is 4.79 Å². The van der Waals surface area contributed by atoms with Crippen molar-refractivity contribution in [2.45, 2.75) is 12.5 Å². The lowest BCUT2D eigenvalue weighted by molar-refractivity contribution is 0.0765. The lowest BCUT2D eigenvalue weighted by Crippen LogP contribution is -2.34. The molecule has 108 valence electrons. The number of rotatable bonds is 2. The Morgan fingerprint density at radius 1 is 0.952 bits per heavy atom. The fourth-order valence-electron chi connectivity index (χ4n) is 2.81. The van der Waals surface area contributed by atoms with E-state index in [0.29, 0.717) is 6.04 Å². The molecular formula is C18H20N2O. The van der Waals surface area contributed by atoms with Gasteiger partial charge in [0.15, 0.2) is 0 Å². The van der Waals surface area contributed by atoms with Gasteiger partial charge in [-0.05, 0) is 24.1 Å². The first-order valence-corrected chi connectivity index (χ1v) is 7.47. The summed E-state index contributed by atoms with van der Waals surface area (Å²) in [5, 5.41) is 3.54. The maximum absolute atomic E-state index is 12.5. The molecule has 1 unspecified atom stereocenters. The van der Waals surface area contributed by atoms with Crippen LogP contribution in [-0.2, 0) is 0 Å². The summed E-state index contributed by atoms with van der Waals surface area (Å²) < 4.78 is 0. The number of amides is 1. The van der Waals surface area contributed by atoms with Crippen LogP contribution >= 0.6 is 0 Å². The Labute approximate surface area is 125 Å². The van der Waals surface area contributed by atoms with E-state index in [9.17, 15) is 4.79 Å². The minimum absolute atomic E-state index is 0.131. The standard InChI is InChI=1S/C18H20N2O/c21-18(16-9-5-2-6-10-16)20-13-11-17(19-12-14-20)15-7-3-1-4-8-15/h1-10,17,19H,11-14H2. The highest BCUT2D eigenvalue weighted by Gasteiger charge is 2.21. The zero-order chi connectivity index (χ0) is 14.5. The van der Waals surface area contributed by atoms with Gasteiger partial charge >= 0.3 is 0 Å². The van der Waals surface area contributed by atoms with E-state index < -0.39 is 0 Å². The molecule has 1 saturated heterocycles. The third-order valence-electron chi connectivity index (χ3n) is 3.97. The van der Waals surface area contributed by atoms with Crippen molar-refractivity contribution in [2.75, 3.05) is 19.6 Å². The molecule has 2 aromatic carbocycles. The molecule has 1 aliphatic rings. The SMILES string of the molecule is O=C(c1ccccc1)N1CCNC(c2ccccc2)CC1. The van der Waals surface area contributed by atoms with E-state index in [2.05, 4.69) is 29.6 Å². The second kappa shape index (κ2) is 6.55. The number of nitrogens with zero attached hydrogens (tertiary/aromatic N) is 1. The third-order valence-corrected chi connectivity index (χ3v) is 3.97. The number of carbonyl (C=O) groups excluding carboxylic acids is 1. The van der Waals surface area contributed by atoms with Crippen LogP contribution in [0.2, 0.25) is 0 Å². The molecule has 3 heteroatoms. The summed E-state index contributed by atoms with van der Waals surface area (Å²) >= 11 is 0. The van der Waals surface area contributed by atoms with E-state index in [0.717, 1.165) is 31.6 Å². The molecule has 1 atom stereocenters. The van der Waals surface area contributed by atoms with Gasteiger partial charge in [0.25, 0.3) is 5.91 Å². The van der Waals surface area contributed by atoms with Gasteiger partial charge in [0.05, 0.1) is 0 Å². The highest BCUT2D eigenvalue weighted by atomic mass is 16.2. The molecule has 0 spiro atoms. The Morgan fingerprint density at radius 3 is 2.33 bits per heavy atom. The van der Waals surface area contributed by atoms with Crippen LogP contribution in [0.5, 0.6) is 0 Å². The van der Waals surface area contributed by atoms with Crippen LogP contribution in [0, 0.1) is 0 Å². The Balaban J connectivity index is 1.67. The summed E-state index contributed by atoms with van der Waals surface area (Å²) in [5.41, 5.74) is 2.07. The summed E-state index contributed by atoms with van der Waals surface area (Å²) in [4.78, 5) is 14.4. The Bertz CT molecular complexity index is 583. The fourth-order valence-corrected chi connectivity index (χ4v) is 2.81. The van der Waals surface area contributed by atoms with Gasteiger partial charge in [0, 0.05) is 31.2 Å². The molecular weight excluding hydrogens is 260 g/mol. The van der Waals surface area contributed by atoms with Crippen molar-refractivity contribution in [1.82, 2.24) is 10.2 Å². The molecule has 3 rings (SSSR count). The average Bonchev–Trinajstić information content (AvgIpc) is 2.82. The van der Waals surface area contributed by atoms with Crippen LogP contribution in [-0.4, -0.2) is 30.4 Å². The molecule has 1 N–H and O–H groups in total. The fraction of sp³-hybridized carbons (Fsp3) is 0.278. The third kappa shape index (κ3) is 3.31. The van der Waals surface area contributed by atoms with Crippen molar-refractivity contribution in [3.8, 4) is 0 Å². The van der Waals surface area contributed by atoms with E-state index in [1.54, 1.807) is 0 Å². The summed E-state index contributed by atoms with van der Waals surface area (Å²) in [6, 6.07) is 20.3. The van der Waals surface area contributed by atoms with Crippen molar-refractivity contribution in [3.05, 3.63) is 71.8 Å². The van der Waals surface area contributed by atoms with Crippen LogP contribution < -0.4 is 5.32 Å². The van der Waals surface area contributed by atoms with Crippen LogP contribution in [0.1, 0.15) is 28.4 Å². The average molecular weight is 280 g/mol. The molecule has 1 amide bonds. The van der Waals surface area contributed by atoms with Gasteiger partial charge in [-0.25, -0.2) is 0 Å². The molecule has 0 radical (unpaired) electrons. The van der Waals surface area contributed by atoms with Gasteiger partial charge in [-0.1, -0.05) is 48.5 Å². The second-order valence-electron chi connectivity index (χ2n) is 5.36. The summed E-state index contributed by atoms with van der Waals surface area (Å²) in [6.07, 6.45) is 0.947. The highest BCUT2D eigenvalue weighted by Crippen LogP contribution is 2.19. The summed E-state index contributed by atoms with van der Waals surface area (Å²) in [5.74, 6) is 0.131. The molecule has 0 aliphatic carbocycles. The predicted molar refractivity (Wildman–Crippen MR) is 84.1 cm³/mol. The monoisotopic (exact) mass is 280 g/mol. The van der Waals surface area contributed by atoms with Gasteiger partial charge in [-0.2, -0.15) is 0 Å². The summed E-state index contributed by atoms with van der Waals surface area (Å²) in [6.45, 7) is 2.38. The van der Waals surface area contributed by atoms with Crippen molar-refractivity contribution in [2.24, 2.45) is 0 Å². The molecule has 0 saturated carbocycles. The van der Waals surface area contributed by atoms with Gasteiger partial charge in [-0.3, -0.25) is 4.79 Å². The highest BCUT2D eigenvalue weighted by molar-refractivity contribution is 5.94. The van der Waals surface area contributed by atoms with E-state index in [4.69, 9.17) is 0 Å². The molecule has 0 aromatic heterocycles. The Hall–Kier alpha value is -2.13. The van der Waals surface area contributed by atoms with Crippen LogP contribution in [0.4, 0.5) is 0 Å². The smallest absolute Gasteiger partial charge is 0.253 e. The first kappa shape index (κ1) is 13.8. The predicted octanol–water partition coefficient (Wildman–Crippen LogP) is 2.86. The number of nitrogens with one attached hydrogen (secondary N) is 1. The molecule has 0 bridgehead atoms. The van der Waals surface area contributed by atoms with Crippen LogP contribution in [0.3, 0.4) is 0 Å². The first-order chi connectivity index (χ1) is 10.3. The lowest BCUT2D eigenvalue weighted by Gasteiger charge is -2.20. The number of carbonyl (C=O) groups is 1. The molecule has 3 nitrogen and oxygen atoms in total. The molecule has 1 aliphatic heterocycles. The summed E-state index contributed by atoms with van der Waals surface area (Å²) in [7, 11) is 0. The minimum Gasteiger partial charge on any atom is -0.337 e. The second-order valence-corrected chi connectivity index (χ2v) is 5.36. The van der Waals surface area contributed by atoms with Crippen molar-refractivity contribution in [1.29, 1.82) is 0 Å². The zero-order valence-electron chi connectivity index (χ0n) is 12.0. The van der Waals surface area contributed by atoms with Gasteiger partial charge < -0.3 is 10.2 Å². The quantitative estimate of drug-likeness (QED) is 0.917. The largest absolute Gasteiger partial charge is 0.337 e. The molecule has 1 heterocycles. The maximum Gasteiger partial charge on any atom is 0.253 e. The first-order valence-electron chi connectivity index (χ1n) is 7.47. The Morgan fingerprint density at radius 2 is 1.62 bits per heavy atom. The number of hydrogen-bond donors (Lipinski definition) is 1. The van der Waals surface area contributed by atoms with Gasteiger partial charge in [0.2, 0.25) is 0 Å². The van der Waals surface area contributed by atoms with Gasteiger partial charge in [0.1, 0.15) is 0 Å². The minimum atomic E-state index is 0.131. The Kier molecular flexibility index (Phi) is 4.31. The zero-order valence-corrected chi connectivity index (χ0v) is 12.0. The maximum atomic E-state index is 12.5. The number of hydrogen-bond acceptors (Lipinski definition) is 2. The van der Waals surface area contributed by atoms with Crippen molar-refractivity contribution in [3.63, 3.8) is 0 Å². The topological polar surface area (TPSA) is 32.3 Å². The van der Waals surface area contributed by atoms with E-state index in [-0.39, 0.29) is 5.91 Å². The van der Waals surface area contributed by atoms with E-state index in [1.807, 2.05) is 41.3 Å². The van der Waals surface area contributed by atoms with E-state index >= 15 is 0 Å². The normalized spacial score (nSPS) is 19.0. The van der Waals surface area contributed by atoms with Gasteiger partial charge in [-0.15, -0.1) is 0 Å². The van der Waals surface area contributed by atoms with Crippen LogP contribution in [0.15, 0.2) is 60.7 Å². The molecule has 1 fully saturated rings.